The predicted molar refractivity (Wildman–Crippen MR) is 170 cm³/mol. The van der Waals surface area contributed by atoms with Crippen molar-refractivity contribution in [2.24, 2.45) is 7.05 Å². The van der Waals surface area contributed by atoms with Gasteiger partial charge in [0.05, 0.1) is 11.4 Å². The van der Waals surface area contributed by atoms with E-state index in [1.807, 2.05) is 95.2 Å². The third kappa shape index (κ3) is 6.56. The van der Waals surface area contributed by atoms with Gasteiger partial charge in [0, 0.05) is 44.0 Å². The minimum Gasteiger partial charge on any atom is -0.492 e. The maximum atomic E-state index is 13.7. The number of hydrogen-bond acceptors (Lipinski definition) is 9. The number of carbonyl (C=O) groups is 1. The highest BCUT2D eigenvalue weighted by Crippen LogP contribution is 2.40. The summed E-state index contributed by atoms with van der Waals surface area (Å²) in [6.07, 6.45) is 1.30. The van der Waals surface area contributed by atoms with Crippen molar-refractivity contribution in [2.75, 3.05) is 55.5 Å². The number of nitrogens with zero attached hydrogens (tertiary/aromatic N) is 6. The highest BCUT2D eigenvalue weighted by atomic mass is 16.6. The van der Waals surface area contributed by atoms with E-state index in [1.54, 1.807) is 18.1 Å². The number of carbonyl (C=O) groups excluding carboxylic acids is 1. The van der Waals surface area contributed by atoms with Gasteiger partial charge in [-0.25, -0.2) is 9.78 Å². The van der Waals surface area contributed by atoms with E-state index in [0.717, 1.165) is 40.3 Å². The number of ether oxygens (including phenoxy) is 2. The van der Waals surface area contributed by atoms with Crippen LogP contribution in [0.3, 0.4) is 0 Å². The van der Waals surface area contributed by atoms with Crippen LogP contribution >= 0.6 is 0 Å². The molecule has 2 aromatic carbocycles. The molecule has 1 amide bonds. The Labute approximate surface area is 251 Å². The molecule has 0 saturated heterocycles. The molecule has 5 rings (SSSR count). The van der Waals surface area contributed by atoms with Gasteiger partial charge in [-0.15, -0.1) is 0 Å². The summed E-state index contributed by atoms with van der Waals surface area (Å²) >= 11 is 0. The smallest absolute Gasteiger partial charge is 0.414 e. The molecule has 0 fully saturated rings. The summed E-state index contributed by atoms with van der Waals surface area (Å²) in [6, 6.07) is 15.2. The Hall–Kier alpha value is -4.64. The summed E-state index contributed by atoms with van der Waals surface area (Å²) in [4.78, 5) is 41.7. The molecule has 226 valence electrons. The van der Waals surface area contributed by atoms with Gasteiger partial charge >= 0.3 is 6.09 Å². The van der Waals surface area contributed by atoms with E-state index >= 15 is 0 Å². The van der Waals surface area contributed by atoms with Crippen LogP contribution in [-0.2, 0) is 11.8 Å². The van der Waals surface area contributed by atoms with Gasteiger partial charge in [0.25, 0.3) is 5.56 Å². The first-order valence-corrected chi connectivity index (χ1v) is 14.3. The second-order valence-electron chi connectivity index (χ2n) is 11.9. The summed E-state index contributed by atoms with van der Waals surface area (Å²) in [5.74, 6) is 1.16. The molecule has 0 atom stereocenters. The van der Waals surface area contributed by atoms with Gasteiger partial charge < -0.3 is 24.6 Å². The third-order valence-corrected chi connectivity index (χ3v) is 7.08. The van der Waals surface area contributed by atoms with Crippen LogP contribution in [0, 0.1) is 6.92 Å². The fraction of sp³-hybridized carbons (Fsp3) is 0.375. The summed E-state index contributed by atoms with van der Waals surface area (Å²) in [6.45, 7) is 9.72. The number of pyridine rings is 1. The number of fused-ring (bicyclic) bond motifs is 2. The lowest BCUT2D eigenvalue weighted by molar-refractivity contribution is 0.0580. The molecular formula is C32H39N7O4. The lowest BCUT2D eigenvalue weighted by Gasteiger charge is -2.39. The van der Waals surface area contributed by atoms with Crippen LogP contribution in [0.1, 0.15) is 26.3 Å². The summed E-state index contributed by atoms with van der Waals surface area (Å²) in [5.41, 5.74) is 3.38. The Kier molecular flexibility index (Phi) is 8.27. The molecule has 0 radical (unpaired) electrons. The zero-order valence-electron chi connectivity index (χ0n) is 25.8. The van der Waals surface area contributed by atoms with Crippen LogP contribution in [0.2, 0.25) is 0 Å². The molecule has 2 aromatic heterocycles. The number of rotatable bonds is 7. The molecule has 1 aliphatic rings. The van der Waals surface area contributed by atoms with E-state index < -0.39 is 11.7 Å². The number of likely N-dealkylation sites (N-methyl/N-ethyl adjacent to an activating group) is 1. The van der Waals surface area contributed by atoms with Gasteiger partial charge in [-0.3, -0.25) is 14.3 Å². The average Bonchev–Trinajstić information content (AvgIpc) is 2.95. The summed E-state index contributed by atoms with van der Waals surface area (Å²) in [5, 5.41) is 3.93. The lowest BCUT2D eigenvalue weighted by Crippen LogP contribution is -2.46. The van der Waals surface area contributed by atoms with Gasteiger partial charge in [0.15, 0.2) is 0 Å². The molecule has 3 heterocycles. The second kappa shape index (κ2) is 11.9. The van der Waals surface area contributed by atoms with Crippen molar-refractivity contribution in [3.63, 3.8) is 0 Å². The first-order chi connectivity index (χ1) is 20.4. The van der Waals surface area contributed by atoms with Crippen LogP contribution < -0.4 is 25.4 Å². The maximum Gasteiger partial charge on any atom is 0.414 e. The first-order valence-electron chi connectivity index (χ1n) is 14.3. The van der Waals surface area contributed by atoms with Crippen LogP contribution in [0.15, 0.2) is 59.5 Å². The molecule has 4 aromatic rings. The molecule has 0 unspecified atom stereocenters. The van der Waals surface area contributed by atoms with Gasteiger partial charge in [0.2, 0.25) is 5.95 Å². The zero-order valence-corrected chi connectivity index (χ0v) is 25.8. The fourth-order valence-electron chi connectivity index (χ4n) is 4.99. The van der Waals surface area contributed by atoms with Crippen molar-refractivity contribution in [3.8, 4) is 5.75 Å². The van der Waals surface area contributed by atoms with Gasteiger partial charge in [-0.2, -0.15) is 4.98 Å². The number of anilines is 5. The minimum atomic E-state index is -0.622. The van der Waals surface area contributed by atoms with Crippen LogP contribution in [0.5, 0.6) is 5.75 Å². The Bertz CT molecular complexity index is 1690. The number of para-hydroxylation sites is 1. The molecule has 11 heteroatoms. The van der Waals surface area contributed by atoms with Gasteiger partial charge in [0.1, 0.15) is 29.3 Å². The predicted octanol–water partition coefficient (Wildman–Crippen LogP) is 5.21. The van der Waals surface area contributed by atoms with Crippen molar-refractivity contribution in [1.29, 1.82) is 0 Å². The largest absolute Gasteiger partial charge is 0.492 e. The highest BCUT2D eigenvalue weighted by Gasteiger charge is 2.33. The molecule has 1 aliphatic heterocycles. The van der Waals surface area contributed by atoms with E-state index in [2.05, 4.69) is 20.2 Å². The Morgan fingerprint density at radius 2 is 1.81 bits per heavy atom. The zero-order chi connectivity index (χ0) is 30.9. The number of amides is 1. The molecule has 0 saturated carbocycles. The molecule has 0 aliphatic carbocycles. The topological polar surface area (TPSA) is 105 Å². The maximum absolute atomic E-state index is 13.7. The highest BCUT2D eigenvalue weighted by molar-refractivity contribution is 5.97. The van der Waals surface area contributed by atoms with E-state index in [-0.39, 0.29) is 5.56 Å². The van der Waals surface area contributed by atoms with E-state index in [1.165, 1.54) is 4.57 Å². The standard InChI is InChI=1S/C32H39N7O4/c1-21-9-8-10-25-27(21)39(31(41)43-32(2,3)4)16-15-38(25)26-19-22-20-33-30(35-28(22)37(7)29(26)40)34-23-11-13-24(14-12-23)42-18-17-36(5)6/h8-14,19-20H,15-18H2,1-7H3,(H,33,34,35). The average molecular weight is 586 g/mol. The van der Waals surface area contributed by atoms with Crippen molar-refractivity contribution in [3.05, 3.63) is 70.6 Å². The van der Waals surface area contributed by atoms with Crippen molar-refractivity contribution in [1.82, 2.24) is 19.4 Å². The van der Waals surface area contributed by atoms with Crippen LogP contribution in [0.4, 0.5) is 33.5 Å². The van der Waals surface area contributed by atoms with Crippen LogP contribution in [0.25, 0.3) is 11.0 Å². The fourth-order valence-corrected chi connectivity index (χ4v) is 4.99. The normalized spacial score (nSPS) is 13.3. The molecule has 0 spiro atoms. The van der Waals surface area contributed by atoms with Crippen molar-refractivity contribution >= 4 is 45.8 Å². The monoisotopic (exact) mass is 585 g/mol. The lowest BCUT2D eigenvalue weighted by atomic mass is 10.1. The van der Waals surface area contributed by atoms with Crippen molar-refractivity contribution in [2.45, 2.75) is 33.3 Å². The number of nitrogens with one attached hydrogen (secondary N) is 1. The molecule has 1 N–H and O–H groups in total. The quantitative estimate of drug-likeness (QED) is 0.313. The van der Waals surface area contributed by atoms with E-state index in [4.69, 9.17) is 9.47 Å². The molecule has 0 bridgehead atoms. The summed E-state index contributed by atoms with van der Waals surface area (Å²) < 4.78 is 13.0. The van der Waals surface area contributed by atoms with E-state index in [0.29, 0.717) is 37.0 Å². The Morgan fingerprint density at radius 1 is 1.07 bits per heavy atom. The number of hydrogen-bond donors (Lipinski definition) is 1. The number of aromatic nitrogens is 3. The number of aryl methyl sites for hydroxylation is 2. The first kappa shape index (κ1) is 29.8. The molecular weight excluding hydrogens is 546 g/mol. The minimum absolute atomic E-state index is 0.199. The van der Waals surface area contributed by atoms with Crippen molar-refractivity contribution < 1.29 is 14.3 Å². The van der Waals surface area contributed by atoms with E-state index in [9.17, 15) is 9.59 Å². The van der Waals surface area contributed by atoms with Crippen LogP contribution in [-0.4, -0.2) is 71.5 Å². The molecule has 43 heavy (non-hydrogen) atoms. The SMILES string of the molecule is Cc1cccc2c1N(C(=O)OC(C)(C)C)CCN2c1cc2cnc(Nc3ccc(OCCN(C)C)cc3)nc2n(C)c1=O. The Balaban J connectivity index is 1.42. The third-order valence-electron chi connectivity index (χ3n) is 7.08. The van der Waals surface area contributed by atoms with Gasteiger partial charge in [-0.1, -0.05) is 12.1 Å². The Morgan fingerprint density at radius 3 is 2.51 bits per heavy atom. The second-order valence-corrected chi connectivity index (χ2v) is 11.9. The molecule has 11 nitrogen and oxygen atoms in total. The van der Waals surface area contributed by atoms with Gasteiger partial charge in [-0.05, 0) is 83.8 Å². The number of benzene rings is 2. The summed E-state index contributed by atoms with van der Waals surface area (Å²) in [7, 11) is 5.72.